The van der Waals surface area contributed by atoms with Gasteiger partial charge in [-0.15, -0.1) is 0 Å². The van der Waals surface area contributed by atoms with Crippen molar-refractivity contribution in [3.05, 3.63) is 137 Å². The zero-order valence-electron chi connectivity index (χ0n) is 21.6. The van der Waals surface area contributed by atoms with Crippen molar-refractivity contribution < 1.29 is 0 Å². The minimum Gasteiger partial charge on any atom is -0.0656 e. The maximum Gasteiger partial charge on any atom is 0.0792 e. The number of allylic oxidation sites excluding steroid dienone is 4. The minimum absolute atomic E-state index is 0.841. The Hall–Kier alpha value is -4.29. The lowest BCUT2D eigenvalue weighted by atomic mass is 9.96. The largest absolute Gasteiger partial charge is 0.0792 e. The first-order valence-electron chi connectivity index (χ1n) is 11.9. The Morgan fingerprint density at radius 1 is 0.389 bits per heavy atom. The van der Waals surface area contributed by atoms with Crippen LogP contribution in [0.15, 0.2) is 116 Å². The van der Waals surface area contributed by atoms with Gasteiger partial charge >= 0.3 is 0 Å². The van der Waals surface area contributed by atoms with Gasteiger partial charge in [0.05, 0.1) is 16.1 Å². The first-order valence-corrected chi connectivity index (χ1v) is 18.9. The Labute approximate surface area is 214 Å². The molecule has 0 radical (unpaired) electrons. The van der Waals surface area contributed by atoms with E-state index in [1.165, 1.54) is 10.4 Å². The average molecular weight is 491 g/mol. The van der Waals surface area contributed by atoms with Crippen molar-refractivity contribution in [1.29, 1.82) is 0 Å². The molecule has 4 rings (SSSR count). The average Bonchev–Trinajstić information content (AvgIpc) is 2.79. The monoisotopic (exact) mass is 490 g/mol. The molecule has 2 heteroatoms. The van der Waals surface area contributed by atoms with E-state index in [0.29, 0.717) is 0 Å². The van der Waals surface area contributed by atoms with Crippen LogP contribution < -0.4 is 20.9 Å². The lowest BCUT2D eigenvalue weighted by Crippen LogP contribution is -2.41. The number of hydrogen-bond acceptors (Lipinski definition) is 0. The molecule has 0 aliphatic heterocycles. The molecular formula is C34H26Si2. The van der Waals surface area contributed by atoms with Gasteiger partial charge in [-0.1, -0.05) is 97.9 Å². The van der Waals surface area contributed by atoms with Crippen molar-refractivity contribution in [1.82, 2.24) is 0 Å². The molecule has 0 spiro atoms. The van der Waals surface area contributed by atoms with Crippen LogP contribution in [0.4, 0.5) is 0 Å². The van der Waals surface area contributed by atoms with Crippen LogP contribution in [-0.4, -0.2) is 16.1 Å². The molecule has 2 aliphatic rings. The molecule has 0 heterocycles. The Morgan fingerprint density at radius 2 is 0.639 bits per heavy atom. The fourth-order valence-corrected chi connectivity index (χ4v) is 10.0. The molecule has 0 aromatic heterocycles. The number of fused-ring (bicyclic) bond motifs is 3. The van der Waals surface area contributed by atoms with E-state index < -0.39 is 16.1 Å². The Morgan fingerprint density at radius 3 is 0.889 bits per heavy atom. The van der Waals surface area contributed by atoms with Crippen LogP contribution in [-0.2, 0) is 0 Å². The fraction of sp³-hybridized carbons (Fsp3) is 0.176. The van der Waals surface area contributed by atoms with Gasteiger partial charge in [0.2, 0.25) is 0 Å². The predicted octanol–water partition coefficient (Wildman–Crippen LogP) is 4.63. The molecule has 0 saturated heterocycles. The quantitative estimate of drug-likeness (QED) is 0.425. The number of benzene rings is 2. The van der Waals surface area contributed by atoms with Gasteiger partial charge in [0.1, 0.15) is 0 Å². The van der Waals surface area contributed by atoms with Crippen LogP contribution in [0.25, 0.3) is 22.9 Å². The molecule has 0 fully saturated rings. The van der Waals surface area contributed by atoms with Crippen LogP contribution >= 0.6 is 0 Å². The van der Waals surface area contributed by atoms with Gasteiger partial charge in [-0.2, -0.15) is 0 Å². The molecule has 0 atom stereocenters. The molecule has 2 aromatic rings. The molecule has 0 nitrogen and oxygen atoms in total. The summed E-state index contributed by atoms with van der Waals surface area (Å²) in [6.07, 6.45) is 0. The fourth-order valence-electron chi connectivity index (χ4n) is 4.17. The van der Waals surface area contributed by atoms with Crippen LogP contribution in [0.2, 0.25) is 39.3 Å². The highest BCUT2D eigenvalue weighted by Crippen LogP contribution is 2.47. The third-order valence-electron chi connectivity index (χ3n) is 5.71. The second-order valence-electron chi connectivity index (χ2n) is 10.6. The van der Waals surface area contributed by atoms with E-state index in [1.807, 2.05) is 48.5 Å². The molecule has 0 unspecified atom stereocenters. The lowest BCUT2D eigenvalue weighted by Gasteiger charge is -2.40. The topological polar surface area (TPSA) is 0 Å². The summed E-state index contributed by atoms with van der Waals surface area (Å²) >= 11 is 0. The summed E-state index contributed by atoms with van der Waals surface area (Å²) < 4.78 is 0. The maximum absolute atomic E-state index is 3.37. The van der Waals surface area contributed by atoms with Gasteiger partial charge in [-0.05, 0) is 69.0 Å². The van der Waals surface area contributed by atoms with Crippen molar-refractivity contribution in [2.75, 3.05) is 0 Å². The zero-order valence-corrected chi connectivity index (χ0v) is 23.6. The van der Waals surface area contributed by atoms with E-state index in [-0.39, 0.29) is 0 Å². The Bertz CT molecular complexity index is 1860. The second-order valence-corrected chi connectivity index (χ2v) is 20.6. The second kappa shape index (κ2) is 10.1. The number of hydrogen-bond donors (Lipinski definition) is 0. The van der Waals surface area contributed by atoms with Crippen molar-refractivity contribution in [2.45, 2.75) is 39.3 Å². The van der Waals surface area contributed by atoms with E-state index in [4.69, 9.17) is 0 Å². The van der Waals surface area contributed by atoms with Crippen LogP contribution in [0.5, 0.6) is 0 Å². The standard InChI is InChI=1S/C34H26Si2/c1-35(2,3)33-31-25-15-13-23-29-21-11-9-19-27(29)17-7-8-18-28-20-10-12-22-30(28)24-14-16-26-32(31)34(33)36(4,5)6/h9-12,19-22H,1-6H3. The SMILES string of the molecule is C[Si](C)(C)C1=C([Si](C)(C)C)C2=C=C=C=C=c3ccccc3=C=C=C=C=c3ccccc3=C=C=C=C=C21. The third kappa shape index (κ3) is 5.50. The summed E-state index contributed by atoms with van der Waals surface area (Å²) in [6, 6.07) is 15.7. The highest BCUT2D eigenvalue weighted by molar-refractivity contribution is 6.92. The molecule has 0 N–H and O–H groups in total. The van der Waals surface area contributed by atoms with Crippen molar-refractivity contribution >= 4 is 39.1 Å². The van der Waals surface area contributed by atoms with Gasteiger partial charge in [0, 0.05) is 32.0 Å². The minimum atomic E-state index is -1.63. The van der Waals surface area contributed by atoms with Crippen LogP contribution in [0.1, 0.15) is 0 Å². The molecule has 36 heavy (non-hydrogen) atoms. The molecule has 2 aromatic carbocycles. The summed E-state index contributed by atoms with van der Waals surface area (Å²) in [5.74, 6) is 0. The third-order valence-corrected chi connectivity index (χ3v) is 9.96. The highest BCUT2D eigenvalue weighted by Gasteiger charge is 2.43. The van der Waals surface area contributed by atoms with Crippen molar-refractivity contribution in [3.8, 4) is 0 Å². The molecule has 0 saturated carbocycles. The summed E-state index contributed by atoms with van der Waals surface area (Å²) in [4.78, 5) is 0. The molecule has 0 amide bonds. The summed E-state index contributed by atoms with van der Waals surface area (Å²) in [5.41, 5.74) is 39.7. The smallest absolute Gasteiger partial charge is 0.0656 e. The van der Waals surface area contributed by atoms with Gasteiger partial charge in [-0.3, -0.25) is 0 Å². The van der Waals surface area contributed by atoms with E-state index in [1.54, 1.807) is 0 Å². The van der Waals surface area contributed by atoms with Gasteiger partial charge < -0.3 is 0 Å². The normalized spacial score (nSPS) is 13.6. The Balaban J connectivity index is 2.35. The summed E-state index contributed by atoms with van der Waals surface area (Å²) in [6.45, 7) is 14.3. The Kier molecular flexibility index (Phi) is 6.99. The highest BCUT2D eigenvalue weighted by atomic mass is 28.3. The molecular weight excluding hydrogens is 465 g/mol. The van der Waals surface area contributed by atoms with Gasteiger partial charge in [0.15, 0.2) is 0 Å². The lowest BCUT2D eigenvalue weighted by molar-refractivity contribution is 1.31. The van der Waals surface area contributed by atoms with Crippen molar-refractivity contribution in [3.63, 3.8) is 0 Å². The van der Waals surface area contributed by atoms with Crippen LogP contribution in [0.3, 0.4) is 0 Å². The molecule has 2 aliphatic carbocycles. The zero-order chi connectivity index (χ0) is 25.8. The first-order chi connectivity index (χ1) is 17.2. The van der Waals surface area contributed by atoms with Gasteiger partial charge in [0.25, 0.3) is 0 Å². The van der Waals surface area contributed by atoms with Crippen LogP contribution in [0, 0.1) is 0 Å². The summed E-state index contributed by atoms with van der Waals surface area (Å²) in [7, 11) is -3.25. The van der Waals surface area contributed by atoms with Gasteiger partial charge in [-0.25, -0.2) is 0 Å². The first kappa shape index (κ1) is 24.8. The maximum atomic E-state index is 3.37. The van der Waals surface area contributed by atoms with E-state index >= 15 is 0 Å². The molecule has 170 valence electrons. The van der Waals surface area contributed by atoms with E-state index in [9.17, 15) is 0 Å². The van der Waals surface area contributed by atoms with E-state index in [2.05, 4.69) is 108 Å². The van der Waals surface area contributed by atoms with Crippen molar-refractivity contribution in [2.24, 2.45) is 0 Å². The summed E-state index contributed by atoms with van der Waals surface area (Å²) in [5, 5.41) is 6.28. The predicted molar refractivity (Wildman–Crippen MR) is 154 cm³/mol. The molecule has 0 bridgehead atoms. The van der Waals surface area contributed by atoms with E-state index in [0.717, 1.165) is 32.0 Å². The number of rotatable bonds is 2.